The summed E-state index contributed by atoms with van der Waals surface area (Å²) in [5.41, 5.74) is 0.425. The Balaban J connectivity index is 2.28. The number of nitrogens with zero attached hydrogens (tertiary/aromatic N) is 2. The fourth-order valence-corrected chi connectivity index (χ4v) is 1.88. The maximum absolute atomic E-state index is 12.4. The smallest absolute Gasteiger partial charge is 0.293 e. The number of aliphatic imine (C=N–C) groups is 1. The van der Waals surface area contributed by atoms with E-state index in [-0.39, 0.29) is 6.04 Å². The molecule has 0 bridgehead atoms. The van der Waals surface area contributed by atoms with Gasteiger partial charge in [0, 0.05) is 12.3 Å². The second kappa shape index (κ2) is 6.30. The average molecular weight is 287 g/mol. The zero-order chi connectivity index (χ0) is 15.4. The third kappa shape index (κ3) is 3.16. The zero-order valence-corrected chi connectivity index (χ0v) is 11.9. The largest absolute Gasteiger partial charge is 0.335 e. The van der Waals surface area contributed by atoms with Gasteiger partial charge in [-0.15, -0.1) is 0 Å². The summed E-state index contributed by atoms with van der Waals surface area (Å²) in [5.74, 6) is -2.29. The van der Waals surface area contributed by atoms with E-state index in [2.05, 4.69) is 10.3 Å². The molecular weight excluding hydrogens is 270 g/mol. The Bertz CT molecular complexity index is 583. The van der Waals surface area contributed by atoms with Gasteiger partial charge in [0.1, 0.15) is 0 Å². The zero-order valence-electron chi connectivity index (χ0n) is 11.9. The summed E-state index contributed by atoms with van der Waals surface area (Å²) in [5, 5.41) is 2.19. The Labute approximate surface area is 122 Å². The maximum Gasteiger partial charge on any atom is 0.335 e. The van der Waals surface area contributed by atoms with E-state index in [0.29, 0.717) is 5.69 Å². The van der Waals surface area contributed by atoms with E-state index in [9.17, 15) is 14.4 Å². The fourth-order valence-electron chi connectivity index (χ4n) is 1.88. The van der Waals surface area contributed by atoms with Crippen LogP contribution in [0.1, 0.15) is 20.3 Å². The lowest BCUT2D eigenvalue weighted by atomic mass is 10.1. The minimum absolute atomic E-state index is 0.0217. The molecule has 0 saturated carbocycles. The Morgan fingerprint density at radius 3 is 2.57 bits per heavy atom. The van der Waals surface area contributed by atoms with Gasteiger partial charge in [-0.1, -0.05) is 25.1 Å². The van der Waals surface area contributed by atoms with Gasteiger partial charge in [0.2, 0.25) is 5.91 Å². The average Bonchev–Trinajstić information content (AvgIpc) is 2.47. The minimum Gasteiger partial charge on any atom is -0.293 e. The van der Waals surface area contributed by atoms with Crippen LogP contribution < -0.4 is 10.2 Å². The highest BCUT2D eigenvalue weighted by Gasteiger charge is 2.40. The second-order valence-electron chi connectivity index (χ2n) is 4.84. The lowest BCUT2D eigenvalue weighted by Gasteiger charge is -2.28. The van der Waals surface area contributed by atoms with Crippen LogP contribution >= 0.6 is 0 Å². The molecule has 6 nitrogen and oxygen atoms in total. The van der Waals surface area contributed by atoms with Crippen molar-refractivity contribution in [2.45, 2.75) is 26.3 Å². The number of para-hydroxylation sites is 1. The minimum atomic E-state index is -1.07. The number of carbonyl (C=O) groups excluding carboxylic acids is 3. The third-order valence-electron chi connectivity index (χ3n) is 3.30. The predicted octanol–water partition coefficient (Wildman–Crippen LogP) is 1.75. The van der Waals surface area contributed by atoms with E-state index < -0.39 is 23.8 Å². The molecule has 0 spiro atoms. The van der Waals surface area contributed by atoms with Crippen molar-refractivity contribution in [1.29, 1.82) is 0 Å². The van der Waals surface area contributed by atoms with Gasteiger partial charge in [0.05, 0.1) is 5.69 Å². The first-order valence-electron chi connectivity index (χ1n) is 6.81. The summed E-state index contributed by atoms with van der Waals surface area (Å²) in [6.07, 6.45) is 2.13. The molecule has 0 aromatic heterocycles. The monoisotopic (exact) mass is 287 g/mol. The Morgan fingerprint density at radius 1 is 1.29 bits per heavy atom. The summed E-state index contributed by atoms with van der Waals surface area (Å²) in [6, 6.07) is 7.77. The first-order chi connectivity index (χ1) is 10.0. The van der Waals surface area contributed by atoms with Gasteiger partial charge in [-0.05, 0) is 25.5 Å². The molecule has 0 aliphatic carbocycles. The standard InChI is InChI=1S/C15H17N3O3/c1-3-10(2)16-9-12-13(19)17-15(21)18(14(12)20)11-7-5-4-6-8-11/h4-10,12H,3H2,1-2H3,(H,17,19,21)/t10-,12?/m1/s1. The molecule has 1 N–H and O–H groups in total. The molecule has 21 heavy (non-hydrogen) atoms. The Kier molecular flexibility index (Phi) is 4.47. The van der Waals surface area contributed by atoms with Gasteiger partial charge < -0.3 is 0 Å². The molecule has 2 rings (SSSR count). The molecule has 1 aliphatic heterocycles. The van der Waals surface area contributed by atoms with Crippen LogP contribution in [0.4, 0.5) is 10.5 Å². The van der Waals surface area contributed by atoms with Crippen molar-refractivity contribution in [2.24, 2.45) is 10.9 Å². The number of rotatable bonds is 4. The van der Waals surface area contributed by atoms with E-state index >= 15 is 0 Å². The van der Waals surface area contributed by atoms with Gasteiger partial charge >= 0.3 is 6.03 Å². The van der Waals surface area contributed by atoms with Crippen molar-refractivity contribution in [3.63, 3.8) is 0 Å². The highest BCUT2D eigenvalue weighted by molar-refractivity contribution is 6.32. The van der Waals surface area contributed by atoms with Crippen LogP contribution in [0.25, 0.3) is 0 Å². The quantitative estimate of drug-likeness (QED) is 0.677. The highest BCUT2D eigenvalue weighted by Crippen LogP contribution is 2.19. The van der Waals surface area contributed by atoms with Crippen LogP contribution in [0.2, 0.25) is 0 Å². The number of nitrogens with one attached hydrogen (secondary N) is 1. The molecule has 1 unspecified atom stereocenters. The molecule has 1 aromatic carbocycles. The Morgan fingerprint density at radius 2 is 1.95 bits per heavy atom. The van der Waals surface area contributed by atoms with E-state index in [1.54, 1.807) is 30.3 Å². The molecule has 6 heteroatoms. The number of benzene rings is 1. The summed E-state index contributed by atoms with van der Waals surface area (Å²) >= 11 is 0. The van der Waals surface area contributed by atoms with E-state index in [1.807, 2.05) is 13.8 Å². The number of hydrogen-bond donors (Lipinski definition) is 1. The van der Waals surface area contributed by atoms with Gasteiger partial charge in [0.15, 0.2) is 5.92 Å². The molecule has 1 aliphatic rings. The van der Waals surface area contributed by atoms with Gasteiger partial charge in [-0.3, -0.25) is 19.9 Å². The molecule has 1 aromatic rings. The van der Waals surface area contributed by atoms with Crippen LogP contribution in [0.15, 0.2) is 35.3 Å². The second-order valence-corrected chi connectivity index (χ2v) is 4.84. The lowest BCUT2D eigenvalue weighted by molar-refractivity contribution is -0.131. The molecule has 4 amide bonds. The fraction of sp³-hybridized carbons (Fsp3) is 0.333. The first kappa shape index (κ1) is 14.9. The topological polar surface area (TPSA) is 78.8 Å². The molecule has 2 atom stereocenters. The molecular formula is C15H17N3O3. The summed E-state index contributed by atoms with van der Waals surface area (Å²) < 4.78 is 0. The van der Waals surface area contributed by atoms with Gasteiger partial charge in [-0.25, -0.2) is 9.69 Å². The lowest BCUT2D eigenvalue weighted by Crippen LogP contribution is -2.58. The number of urea groups is 1. The van der Waals surface area contributed by atoms with Crippen molar-refractivity contribution < 1.29 is 14.4 Å². The summed E-state index contributed by atoms with van der Waals surface area (Å²) in [7, 11) is 0. The van der Waals surface area contributed by atoms with Crippen molar-refractivity contribution in [1.82, 2.24) is 5.32 Å². The maximum atomic E-state index is 12.4. The molecule has 1 heterocycles. The molecule has 0 radical (unpaired) electrons. The SMILES string of the molecule is CC[C@@H](C)N=CC1C(=O)NC(=O)N(c2ccccc2)C1=O. The summed E-state index contributed by atoms with van der Waals surface area (Å²) in [4.78, 5) is 41.2. The first-order valence-corrected chi connectivity index (χ1v) is 6.81. The van der Waals surface area contributed by atoms with Crippen molar-refractivity contribution in [3.8, 4) is 0 Å². The number of anilines is 1. The van der Waals surface area contributed by atoms with E-state index in [0.717, 1.165) is 11.3 Å². The van der Waals surface area contributed by atoms with E-state index in [4.69, 9.17) is 0 Å². The van der Waals surface area contributed by atoms with Crippen LogP contribution in [-0.2, 0) is 9.59 Å². The van der Waals surface area contributed by atoms with Crippen molar-refractivity contribution in [2.75, 3.05) is 4.90 Å². The summed E-state index contributed by atoms with van der Waals surface area (Å²) in [6.45, 7) is 3.85. The van der Waals surface area contributed by atoms with Crippen LogP contribution in [-0.4, -0.2) is 30.1 Å². The third-order valence-corrected chi connectivity index (χ3v) is 3.30. The number of barbiturate groups is 1. The number of hydrogen-bond acceptors (Lipinski definition) is 4. The van der Waals surface area contributed by atoms with E-state index in [1.165, 1.54) is 6.21 Å². The number of imide groups is 2. The van der Waals surface area contributed by atoms with Crippen molar-refractivity contribution in [3.05, 3.63) is 30.3 Å². The highest BCUT2D eigenvalue weighted by atomic mass is 16.2. The molecule has 110 valence electrons. The van der Waals surface area contributed by atoms with Gasteiger partial charge in [0.25, 0.3) is 5.91 Å². The van der Waals surface area contributed by atoms with Crippen molar-refractivity contribution >= 4 is 29.7 Å². The number of amides is 4. The molecule has 1 saturated heterocycles. The Hall–Kier alpha value is -2.50. The van der Waals surface area contributed by atoms with Crippen LogP contribution in [0.3, 0.4) is 0 Å². The molecule has 1 fully saturated rings. The predicted molar refractivity (Wildman–Crippen MR) is 79.2 cm³/mol. The van der Waals surface area contributed by atoms with Gasteiger partial charge in [-0.2, -0.15) is 0 Å². The number of carbonyl (C=O) groups is 3. The van der Waals surface area contributed by atoms with Crippen LogP contribution in [0, 0.1) is 5.92 Å². The van der Waals surface area contributed by atoms with Crippen LogP contribution in [0.5, 0.6) is 0 Å². The normalized spacial score (nSPS) is 20.8.